The average molecular weight is 702 g/mol. The van der Waals surface area contributed by atoms with Crippen LogP contribution < -0.4 is 29.1 Å². The summed E-state index contributed by atoms with van der Waals surface area (Å²) >= 11 is 20.3. The minimum Gasteiger partial charge on any atom is -0.493 e. The van der Waals surface area contributed by atoms with Crippen molar-refractivity contribution >= 4 is 58.2 Å². The van der Waals surface area contributed by atoms with Crippen LogP contribution in [0.1, 0.15) is 50.4 Å². The van der Waals surface area contributed by atoms with Crippen molar-refractivity contribution in [2.24, 2.45) is 4.99 Å². The van der Waals surface area contributed by atoms with Crippen LogP contribution in [-0.4, -0.2) is 30.4 Å². The Balaban J connectivity index is 1.57. The molecular formula is C34H31Cl3N2O6S. The molecule has 12 heteroatoms. The van der Waals surface area contributed by atoms with Crippen LogP contribution >= 0.6 is 46.1 Å². The maximum Gasteiger partial charge on any atom is 0.338 e. The zero-order chi connectivity index (χ0) is 33.1. The molecule has 1 aliphatic rings. The molecule has 4 aromatic rings. The molecule has 1 atom stereocenters. The number of hydrogen-bond donors (Lipinski definition) is 0. The first kappa shape index (κ1) is 33.6. The third kappa shape index (κ3) is 7.13. The second kappa shape index (κ2) is 14.3. The van der Waals surface area contributed by atoms with Crippen LogP contribution in [-0.2, 0) is 16.1 Å². The molecule has 8 nitrogen and oxygen atoms in total. The molecule has 0 radical (unpaired) electrons. The fraction of sp³-hybridized carbons (Fsp3) is 0.265. The topological polar surface area (TPSA) is 88.4 Å². The number of nitrogens with zero attached hydrogens (tertiary/aromatic N) is 2. The van der Waals surface area contributed by atoms with Crippen molar-refractivity contribution in [1.82, 2.24) is 4.57 Å². The molecule has 0 aliphatic carbocycles. The molecule has 1 aromatic heterocycles. The zero-order valence-corrected chi connectivity index (χ0v) is 28.8. The van der Waals surface area contributed by atoms with Gasteiger partial charge in [-0.05, 0) is 86.9 Å². The van der Waals surface area contributed by atoms with Crippen molar-refractivity contribution in [2.75, 3.05) is 13.7 Å². The minimum atomic E-state index is -0.824. The van der Waals surface area contributed by atoms with Gasteiger partial charge >= 0.3 is 5.97 Å². The van der Waals surface area contributed by atoms with Crippen LogP contribution in [0.4, 0.5) is 0 Å². The molecular weight excluding hydrogens is 671 g/mol. The molecule has 0 unspecified atom stereocenters. The predicted molar refractivity (Wildman–Crippen MR) is 181 cm³/mol. The maximum atomic E-state index is 14.1. The largest absolute Gasteiger partial charge is 0.493 e. The molecule has 0 saturated heterocycles. The highest BCUT2D eigenvalue weighted by atomic mass is 35.5. The standard InChI is InChI=1S/C34H31Cl3N2O6S/c1-6-43-33(41)29-19(4)38-34-39(30(29)22-9-12-26(45-18(2)3)27(16-22)42-5)32(40)28(46-34)15-21-13-24(36)31(25(37)14-21)44-17-20-7-10-23(35)11-8-20/h7-16,18,30H,6,17H2,1-5H3/b28-15-/t30-/m1/s1. The van der Waals surface area contributed by atoms with Crippen molar-refractivity contribution in [3.05, 3.63) is 117 Å². The Kier molecular flexibility index (Phi) is 10.5. The number of carbonyl (C=O) groups excluding carboxylic acids is 1. The number of rotatable bonds is 10. The van der Waals surface area contributed by atoms with Crippen LogP contribution in [0, 0.1) is 0 Å². The van der Waals surface area contributed by atoms with E-state index < -0.39 is 12.0 Å². The summed E-state index contributed by atoms with van der Waals surface area (Å²) in [6.07, 6.45) is 1.60. The molecule has 0 spiro atoms. The number of aromatic nitrogens is 1. The number of methoxy groups -OCH3 is 1. The van der Waals surface area contributed by atoms with Gasteiger partial charge in [-0.1, -0.05) is 64.3 Å². The second-order valence-corrected chi connectivity index (χ2v) is 12.9. The number of thiazole rings is 1. The minimum absolute atomic E-state index is 0.0826. The number of allylic oxidation sites excluding steroid dienone is 1. The Morgan fingerprint density at radius 2 is 1.74 bits per heavy atom. The Morgan fingerprint density at radius 3 is 2.37 bits per heavy atom. The van der Waals surface area contributed by atoms with Crippen LogP contribution in [0.2, 0.25) is 15.1 Å². The molecule has 0 fully saturated rings. The number of benzene rings is 3. The first-order valence-corrected chi connectivity index (χ1v) is 16.4. The van der Waals surface area contributed by atoms with Gasteiger partial charge in [0.05, 0.1) is 51.7 Å². The van der Waals surface area contributed by atoms with E-state index in [4.69, 9.17) is 53.8 Å². The van der Waals surface area contributed by atoms with Gasteiger partial charge in [-0.2, -0.15) is 0 Å². The predicted octanol–water partition coefficient (Wildman–Crippen LogP) is 7.13. The monoisotopic (exact) mass is 700 g/mol. The fourth-order valence-corrected chi connectivity index (χ4v) is 6.79. The Bertz CT molecular complexity index is 1980. The first-order valence-electron chi connectivity index (χ1n) is 14.4. The summed E-state index contributed by atoms with van der Waals surface area (Å²) < 4.78 is 24.7. The summed E-state index contributed by atoms with van der Waals surface area (Å²) in [6, 6.07) is 15.1. The smallest absolute Gasteiger partial charge is 0.338 e. The average Bonchev–Trinajstić information content (AvgIpc) is 3.30. The summed E-state index contributed by atoms with van der Waals surface area (Å²) in [7, 11) is 1.54. The number of hydrogen-bond acceptors (Lipinski definition) is 8. The van der Waals surface area contributed by atoms with Crippen molar-refractivity contribution in [2.45, 2.75) is 46.4 Å². The van der Waals surface area contributed by atoms with Crippen LogP contribution in [0.25, 0.3) is 6.08 Å². The lowest BCUT2D eigenvalue weighted by molar-refractivity contribution is -0.139. The SMILES string of the molecule is CCOC(=O)C1=C(C)N=c2s/c(=C\c3cc(Cl)c(OCc4ccc(Cl)cc4)c(Cl)c3)c(=O)n2[C@@H]1c1ccc(OC(C)C)c(OC)c1. The van der Waals surface area contributed by atoms with Gasteiger partial charge < -0.3 is 18.9 Å². The summed E-state index contributed by atoms with van der Waals surface area (Å²) in [5.74, 6) is 0.776. The molecule has 0 bridgehead atoms. The first-order chi connectivity index (χ1) is 22.0. The van der Waals surface area contributed by atoms with Gasteiger partial charge in [-0.3, -0.25) is 9.36 Å². The van der Waals surface area contributed by atoms with Gasteiger partial charge in [0, 0.05) is 5.02 Å². The summed E-state index contributed by atoms with van der Waals surface area (Å²) in [6.45, 7) is 7.69. The third-order valence-corrected chi connectivity index (χ3v) is 8.79. The van der Waals surface area contributed by atoms with E-state index in [1.807, 2.05) is 32.0 Å². The highest BCUT2D eigenvalue weighted by Gasteiger charge is 2.34. The number of ether oxygens (including phenoxy) is 4. The summed E-state index contributed by atoms with van der Waals surface area (Å²) in [5, 5.41) is 1.20. The van der Waals surface area contributed by atoms with Gasteiger partial charge in [0.1, 0.15) is 6.61 Å². The van der Waals surface area contributed by atoms with Crippen LogP contribution in [0.5, 0.6) is 17.2 Å². The Labute approximate surface area is 285 Å². The van der Waals surface area contributed by atoms with E-state index in [-0.39, 0.29) is 40.5 Å². The van der Waals surface area contributed by atoms with E-state index in [0.717, 1.165) is 5.56 Å². The van der Waals surface area contributed by atoms with E-state index in [0.29, 0.717) is 48.4 Å². The maximum absolute atomic E-state index is 14.1. The second-order valence-electron chi connectivity index (χ2n) is 10.6. The molecule has 5 rings (SSSR count). The van der Waals surface area contributed by atoms with Gasteiger partial charge in [0.25, 0.3) is 5.56 Å². The van der Waals surface area contributed by atoms with Crippen molar-refractivity contribution in [1.29, 1.82) is 0 Å². The van der Waals surface area contributed by atoms with Gasteiger partial charge in [0.2, 0.25) is 0 Å². The number of carbonyl (C=O) groups is 1. The third-order valence-electron chi connectivity index (χ3n) is 7.00. The number of esters is 1. The molecule has 3 aromatic carbocycles. The molecule has 2 heterocycles. The van der Waals surface area contributed by atoms with E-state index in [9.17, 15) is 9.59 Å². The Hall–Kier alpha value is -3.76. The van der Waals surface area contributed by atoms with Crippen LogP contribution in [0.15, 0.2) is 75.7 Å². The Morgan fingerprint density at radius 1 is 1.04 bits per heavy atom. The molecule has 0 amide bonds. The van der Waals surface area contributed by atoms with E-state index in [1.165, 1.54) is 23.0 Å². The lowest BCUT2D eigenvalue weighted by atomic mass is 9.95. The highest BCUT2D eigenvalue weighted by Crippen LogP contribution is 2.37. The van der Waals surface area contributed by atoms with Gasteiger partial charge in [-0.15, -0.1) is 0 Å². The van der Waals surface area contributed by atoms with Gasteiger partial charge in [0.15, 0.2) is 22.0 Å². The zero-order valence-electron chi connectivity index (χ0n) is 25.7. The van der Waals surface area contributed by atoms with E-state index in [1.54, 1.807) is 56.3 Å². The van der Waals surface area contributed by atoms with E-state index >= 15 is 0 Å². The highest BCUT2D eigenvalue weighted by molar-refractivity contribution is 7.07. The number of fused-ring (bicyclic) bond motifs is 1. The molecule has 1 aliphatic heterocycles. The van der Waals surface area contributed by atoms with Crippen molar-refractivity contribution in [3.8, 4) is 17.2 Å². The fourth-order valence-electron chi connectivity index (χ4n) is 5.00. The van der Waals surface area contributed by atoms with E-state index in [2.05, 4.69) is 4.99 Å². The van der Waals surface area contributed by atoms with Crippen molar-refractivity contribution < 1.29 is 23.7 Å². The van der Waals surface area contributed by atoms with Crippen molar-refractivity contribution in [3.63, 3.8) is 0 Å². The lowest BCUT2D eigenvalue weighted by Gasteiger charge is -2.25. The summed E-state index contributed by atoms with van der Waals surface area (Å²) in [5.41, 5.74) is 2.48. The quantitative estimate of drug-likeness (QED) is 0.164. The normalized spacial score (nSPS) is 14.6. The molecule has 0 saturated carbocycles. The molecule has 240 valence electrons. The summed E-state index contributed by atoms with van der Waals surface area (Å²) in [4.78, 5) is 32.4. The lowest BCUT2D eigenvalue weighted by Crippen LogP contribution is -2.40. The van der Waals surface area contributed by atoms with Crippen LogP contribution in [0.3, 0.4) is 0 Å². The molecule has 0 N–H and O–H groups in total. The van der Waals surface area contributed by atoms with Gasteiger partial charge in [-0.25, -0.2) is 9.79 Å². The molecule has 46 heavy (non-hydrogen) atoms. The number of halogens is 3.